The summed E-state index contributed by atoms with van der Waals surface area (Å²) in [5.74, 6) is -0.525. The Labute approximate surface area is 159 Å². The van der Waals surface area contributed by atoms with E-state index < -0.39 is 12.0 Å². The Morgan fingerprint density at radius 3 is 2.54 bits per heavy atom. The summed E-state index contributed by atoms with van der Waals surface area (Å²) < 4.78 is 4.75. The van der Waals surface area contributed by atoms with Crippen molar-refractivity contribution < 1.29 is 14.3 Å². The van der Waals surface area contributed by atoms with Crippen LogP contribution in [0.3, 0.4) is 0 Å². The molecule has 138 valence electrons. The fourth-order valence-electron chi connectivity index (χ4n) is 2.89. The minimum Gasteiger partial charge on any atom is -0.469 e. The zero-order valence-corrected chi connectivity index (χ0v) is 16.1. The molecule has 4 nitrogen and oxygen atoms in total. The van der Waals surface area contributed by atoms with E-state index in [0.717, 1.165) is 5.56 Å². The summed E-state index contributed by atoms with van der Waals surface area (Å²) in [4.78, 5) is 24.2. The highest BCUT2D eigenvalue weighted by atomic mass is 35.5. The number of hydrogen-bond acceptors (Lipinski definition) is 3. The van der Waals surface area contributed by atoms with Crippen molar-refractivity contribution in [3.8, 4) is 0 Å². The van der Waals surface area contributed by atoms with E-state index >= 15 is 0 Å². The van der Waals surface area contributed by atoms with Crippen LogP contribution in [0.2, 0.25) is 5.02 Å². The summed E-state index contributed by atoms with van der Waals surface area (Å²) in [5, 5.41) is 3.43. The number of esters is 1. The highest BCUT2D eigenvalue weighted by Crippen LogP contribution is 2.25. The molecular formula is C21H24ClNO3. The normalized spacial score (nSPS) is 11.7. The molecule has 1 N–H and O–H groups in total. The summed E-state index contributed by atoms with van der Waals surface area (Å²) in [5.41, 5.74) is 4.23. The van der Waals surface area contributed by atoms with Crippen molar-refractivity contribution in [2.24, 2.45) is 0 Å². The topological polar surface area (TPSA) is 55.4 Å². The smallest absolute Gasteiger partial charge is 0.307 e. The van der Waals surface area contributed by atoms with Gasteiger partial charge in [0.1, 0.15) is 0 Å². The molecule has 0 aliphatic heterocycles. The van der Waals surface area contributed by atoms with Crippen LogP contribution >= 0.6 is 11.6 Å². The Bertz CT molecular complexity index is 789. The Morgan fingerprint density at radius 2 is 1.88 bits per heavy atom. The van der Waals surface area contributed by atoms with E-state index in [-0.39, 0.29) is 12.3 Å². The molecule has 0 saturated carbocycles. The molecule has 0 radical (unpaired) electrons. The highest BCUT2D eigenvalue weighted by molar-refractivity contribution is 6.31. The third kappa shape index (κ3) is 5.60. The molecule has 0 spiro atoms. The second-order valence-corrected chi connectivity index (χ2v) is 6.76. The number of methoxy groups -OCH3 is 1. The molecule has 2 rings (SSSR count). The van der Waals surface area contributed by atoms with Crippen LogP contribution in [0.15, 0.2) is 42.5 Å². The zero-order valence-electron chi connectivity index (χ0n) is 15.3. The van der Waals surface area contributed by atoms with Crippen LogP contribution < -0.4 is 5.32 Å². The largest absolute Gasteiger partial charge is 0.469 e. The van der Waals surface area contributed by atoms with Gasteiger partial charge in [0, 0.05) is 11.4 Å². The number of amides is 1. The quantitative estimate of drug-likeness (QED) is 0.736. The van der Waals surface area contributed by atoms with Crippen LogP contribution in [0.25, 0.3) is 0 Å². The summed E-state index contributed by atoms with van der Waals surface area (Å²) in [6, 6.07) is 12.9. The second-order valence-electron chi connectivity index (χ2n) is 6.35. The average Bonchev–Trinajstić information content (AvgIpc) is 2.60. The SMILES string of the molecule is COC(=O)CC(NC(=O)CCc1ccc(C)cc1C)c1ccccc1Cl. The van der Waals surface area contributed by atoms with E-state index in [1.807, 2.05) is 32.0 Å². The molecule has 2 aromatic carbocycles. The van der Waals surface area contributed by atoms with E-state index in [2.05, 4.69) is 17.4 Å². The molecule has 0 fully saturated rings. The number of benzene rings is 2. The first-order chi connectivity index (χ1) is 12.4. The zero-order chi connectivity index (χ0) is 19.1. The summed E-state index contributed by atoms with van der Waals surface area (Å²) in [6.07, 6.45) is 1.02. The minimum absolute atomic E-state index is 0.0372. The van der Waals surface area contributed by atoms with Gasteiger partial charge < -0.3 is 10.1 Å². The number of aryl methyl sites for hydroxylation is 3. The van der Waals surface area contributed by atoms with Gasteiger partial charge in [0.15, 0.2) is 0 Å². The maximum absolute atomic E-state index is 12.5. The monoisotopic (exact) mass is 373 g/mol. The van der Waals surface area contributed by atoms with Crippen molar-refractivity contribution >= 4 is 23.5 Å². The van der Waals surface area contributed by atoms with E-state index in [1.54, 1.807) is 12.1 Å². The number of carbonyl (C=O) groups is 2. The number of halogens is 1. The molecule has 1 amide bonds. The van der Waals surface area contributed by atoms with Gasteiger partial charge in [-0.25, -0.2) is 0 Å². The Kier molecular flexibility index (Phi) is 7.22. The predicted molar refractivity (Wildman–Crippen MR) is 103 cm³/mol. The van der Waals surface area contributed by atoms with Crippen LogP contribution in [0.4, 0.5) is 0 Å². The summed E-state index contributed by atoms with van der Waals surface area (Å²) >= 11 is 6.23. The number of ether oxygens (including phenoxy) is 1. The average molecular weight is 374 g/mol. The summed E-state index contributed by atoms with van der Waals surface area (Å²) in [7, 11) is 1.33. The Balaban J connectivity index is 2.06. The fraction of sp³-hybridized carbons (Fsp3) is 0.333. The van der Waals surface area contributed by atoms with Crippen LogP contribution in [0.1, 0.15) is 41.1 Å². The maximum Gasteiger partial charge on any atom is 0.307 e. The molecule has 0 bridgehead atoms. The van der Waals surface area contributed by atoms with Gasteiger partial charge in [-0.05, 0) is 43.0 Å². The molecule has 1 unspecified atom stereocenters. The van der Waals surface area contributed by atoms with Gasteiger partial charge in [-0.3, -0.25) is 9.59 Å². The molecule has 0 heterocycles. The van der Waals surface area contributed by atoms with E-state index in [1.165, 1.54) is 18.2 Å². The molecule has 0 saturated heterocycles. The predicted octanol–water partition coefficient (Wildman–Crippen LogP) is 4.31. The fourth-order valence-corrected chi connectivity index (χ4v) is 3.15. The van der Waals surface area contributed by atoms with Crippen molar-refractivity contribution in [2.75, 3.05) is 7.11 Å². The first-order valence-electron chi connectivity index (χ1n) is 8.57. The van der Waals surface area contributed by atoms with Gasteiger partial charge in [0.2, 0.25) is 5.91 Å². The standard InChI is InChI=1S/C21H24ClNO3/c1-14-8-9-16(15(2)12-14)10-11-20(24)23-19(13-21(25)26-3)17-6-4-5-7-18(17)22/h4-9,12,19H,10-11,13H2,1-3H3,(H,23,24). The first-order valence-corrected chi connectivity index (χ1v) is 8.95. The third-order valence-electron chi connectivity index (χ3n) is 4.33. The van der Waals surface area contributed by atoms with Crippen LogP contribution in [0, 0.1) is 13.8 Å². The lowest BCUT2D eigenvalue weighted by molar-refractivity contribution is -0.141. The van der Waals surface area contributed by atoms with Gasteiger partial charge in [-0.1, -0.05) is 53.6 Å². The minimum atomic E-state index is -0.511. The van der Waals surface area contributed by atoms with Gasteiger partial charge in [0.25, 0.3) is 0 Å². The molecule has 1 atom stereocenters. The number of hydrogen-bond donors (Lipinski definition) is 1. The Hall–Kier alpha value is -2.33. The van der Waals surface area contributed by atoms with E-state index in [9.17, 15) is 9.59 Å². The number of nitrogens with one attached hydrogen (secondary N) is 1. The highest BCUT2D eigenvalue weighted by Gasteiger charge is 2.21. The molecular weight excluding hydrogens is 350 g/mol. The van der Waals surface area contributed by atoms with Gasteiger partial charge in [0.05, 0.1) is 19.6 Å². The van der Waals surface area contributed by atoms with Gasteiger partial charge in [-0.15, -0.1) is 0 Å². The van der Waals surface area contributed by atoms with Crippen LogP contribution in [-0.4, -0.2) is 19.0 Å². The lowest BCUT2D eigenvalue weighted by Gasteiger charge is -2.19. The maximum atomic E-state index is 12.5. The second kappa shape index (κ2) is 9.39. The van der Waals surface area contributed by atoms with Crippen molar-refractivity contribution in [3.63, 3.8) is 0 Å². The first kappa shape index (κ1) is 20.0. The Morgan fingerprint density at radius 1 is 1.15 bits per heavy atom. The molecule has 0 aromatic heterocycles. The molecule has 0 aliphatic rings. The lowest BCUT2D eigenvalue weighted by Crippen LogP contribution is -2.30. The van der Waals surface area contributed by atoms with Crippen LogP contribution in [0.5, 0.6) is 0 Å². The molecule has 0 aliphatic carbocycles. The third-order valence-corrected chi connectivity index (χ3v) is 4.68. The molecule has 5 heteroatoms. The number of carbonyl (C=O) groups excluding carboxylic acids is 2. The van der Waals surface area contributed by atoms with Crippen molar-refractivity contribution in [1.82, 2.24) is 5.32 Å². The molecule has 26 heavy (non-hydrogen) atoms. The van der Waals surface area contributed by atoms with Crippen molar-refractivity contribution in [1.29, 1.82) is 0 Å². The van der Waals surface area contributed by atoms with Crippen LogP contribution in [-0.2, 0) is 20.7 Å². The lowest BCUT2D eigenvalue weighted by atomic mass is 10.0. The van der Waals surface area contributed by atoms with Gasteiger partial charge in [-0.2, -0.15) is 0 Å². The van der Waals surface area contributed by atoms with Gasteiger partial charge >= 0.3 is 5.97 Å². The number of rotatable bonds is 7. The van der Waals surface area contributed by atoms with E-state index in [4.69, 9.17) is 16.3 Å². The molecule has 2 aromatic rings. The van der Waals surface area contributed by atoms with Crippen molar-refractivity contribution in [2.45, 2.75) is 39.2 Å². The summed E-state index contributed by atoms with van der Waals surface area (Å²) in [6.45, 7) is 4.09. The van der Waals surface area contributed by atoms with E-state index in [0.29, 0.717) is 23.4 Å². The van der Waals surface area contributed by atoms with Crippen molar-refractivity contribution in [3.05, 3.63) is 69.7 Å².